The van der Waals surface area contributed by atoms with Crippen LogP contribution in [0.3, 0.4) is 0 Å². The summed E-state index contributed by atoms with van der Waals surface area (Å²) in [6.07, 6.45) is -5.45. The molecule has 0 saturated carbocycles. The van der Waals surface area contributed by atoms with Gasteiger partial charge in [-0.2, -0.15) is 0 Å². The minimum Gasteiger partial charge on any atom is -0.414 e. The molecule has 3 fully saturated rings. The lowest BCUT2D eigenvalue weighted by Crippen LogP contribution is -2.65. The molecular weight excluding hydrogens is 661 g/mol. The number of ether oxygens (including phenoxy) is 6. The fourth-order valence-electron chi connectivity index (χ4n) is 7.38. The molecule has 2 aromatic carbocycles. The molecule has 0 spiro atoms. The maximum absolute atomic E-state index is 11.7. The number of rotatable bonds is 14. The van der Waals surface area contributed by atoms with Crippen molar-refractivity contribution in [2.75, 3.05) is 20.3 Å². The van der Waals surface area contributed by atoms with Gasteiger partial charge < -0.3 is 46.5 Å². The van der Waals surface area contributed by atoms with Crippen LogP contribution in [0.2, 0.25) is 22.2 Å². The van der Waals surface area contributed by atoms with E-state index in [1.54, 1.807) is 7.11 Å². The highest BCUT2D eigenvalue weighted by molar-refractivity contribution is 6.84. The smallest absolute Gasteiger partial charge is 0.335 e. The predicted octanol–water partition coefficient (Wildman–Crippen LogP) is 6.59. The molecule has 0 unspecified atom stereocenters. The Morgan fingerprint density at radius 1 is 0.694 bits per heavy atom. The maximum atomic E-state index is 11.7. The lowest BCUT2D eigenvalue weighted by atomic mass is 10.1. The molecule has 2 aromatic rings. The van der Waals surface area contributed by atoms with Crippen molar-refractivity contribution >= 4 is 17.1 Å². The average molecular weight is 719 g/mol. The van der Waals surface area contributed by atoms with Crippen molar-refractivity contribution in [3.63, 3.8) is 0 Å². The van der Waals surface area contributed by atoms with Gasteiger partial charge in [0.15, 0.2) is 12.6 Å². The fourth-order valence-corrected chi connectivity index (χ4v) is 18.6. The van der Waals surface area contributed by atoms with E-state index in [0.717, 1.165) is 11.1 Å². The molecule has 5 rings (SSSR count). The maximum Gasteiger partial charge on any atom is 0.335 e. The summed E-state index contributed by atoms with van der Waals surface area (Å²) in [5.74, 6) is 0. The summed E-state index contributed by atoms with van der Waals surface area (Å²) in [6, 6.07) is 19.9. The van der Waals surface area contributed by atoms with Crippen LogP contribution in [-0.4, -0.2) is 91.8 Å². The van der Waals surface area contributed by atoms with Crippen molar-refractivity contribution in [2.24, 2.45) is 0 Å². The third-order valence-corrected chi connectivity index (χ3v) is 20.4. The zero-order valence-corrected chi connectivity index (χ0v) is 32.7. The van der Waals surface area contributed by atoms with Gasteiger partial charge in [0, 0.05) is 7.11 Å². The lowest BCUT2D eigenvalue weighted by Gasteiger charge is -2.51. The van der Waals surface area contributed by atoms with Gasteiger partial charge in [0.25, 0.3) is 0 Å². The number of hydrogen-bond acceptors (Lipinski definition) is 10. The van der Waals surface area contributed by atoms with Crippen LogP contribution in [0.5, 0.6) is 0 Å². The number of fused-ring (bicyclic) bond motifs is 1. The lowest BCUT2D eigenvalue weighted by molar-refractivity contribution is -0.203. The van der Waals surface area contributed by atoms with Crippen LogP contribution in [0.25, 0.3) is 0 Å². The molecule has 0 radical (unpaired) electrons. The minimum atomic E-state index is -2.94. The molecule has 3 aliphatic heterocycles. The largest absolute Gasteiger partial charge is 0.414 e. The van der Waals surface area contributed by atoms with Crippen LogP contribution >= 0.6 is 0 Å². The van der Waals surface area contributed by atoms with Crippen molar-refractivity contribution < 1.29 is 46.5 Å². The van der Waals surface area contributed by atoms with E-state index in [-0.39, 0.29) is 35.4 Å². The van der Waals surface area contributed by atoms with Gasteiger partial charge in [-0.25, -0.2) is 0 Å². The van der Waals surface area contributed by atoms with Crippen molar-refractivity contribution in [3.05, 3.63) is 71.8 Å². The fraction of sp³-hybridized carbons (Fsp3) is 0.676. The van der Waals surface area contributed by atoms with E-state index in [2.05, 4.69) is 55.4 Å². The van der Waals surface area contributed by atoms with Gasteiger partial charge in [0.1, 0.15) is 36.6 Å². The van der Waals surface area contributed by atoms with E-state index in [9.17, 15) is 5.11 Å². The molecular formula is C37H58O10Si2. The first-order chi connectivity index (χ1) is 23.4. The summed E-state index contributed by atoms with van der Waals surface area (Å²) in [5.41, 5.74) is 2.72. The molecule has 274 valence electrons. The molecule has 0 aliphatic carbocycles. The van der Waals surface area contributed by atoms with Gasteiger partial charge in [0.2, 0.25) is 0 Å². The van der Waals surface area contributed by atoms with Gasteiger partial charge in [-0.3, -0.25) is 0 Å². The second-order valence-corrected chi connectivity index (χ2v) is 23.6. The molecule has 3 heterocycles. The van der Waals surface area contributed by atoms with Gasteiger partial charge in [-0.1, -0.05) is 116 Å². The normalized spacial score (nSPS) is 31.4. The van der Waals surface area contributed by atoms with Gasteiger partial charge in [-0.15, -0.1) is 0 Å². The van der Waals surface area contributed by atoms with Crippen molar-refractivity contribution in [1.29, 1.82) is 0 Å². The monoisotopic (exact) mass is 718 g/mol. The summed E-state index contributed by atoms with van der Waals surface area (Å²) >= 11 is 0. The van der Waals surface area contributed by atoms with E-state index >= 15 is 0 Å². The highest BCUT2D eigenvalue weighted by Crippen LogP contribution is 2.47. The Kier molecular flexibility index (Phi) is 13.3. The molecule has 1 N–H and O–H groups in total. The van der Waals surface area contributed by atoms with Crippen LogP contribution in [0.15, 0.2) is 60.7 Å². The Hall–Kier alpha value is -1.53. The first-order valence-corrected chi connectivity index (χ1v) is 21.8. The van der Waals surface area contributed by atoms with Crippen molar-refractivity contribution in [1.82, 2.24) is 0 Å². The number of aliphatic hydroxyl groups is 1. The zero-order valence-electron chi connectivity index (χ0n) is 30.7. The molecule has 10 nitrogen and oxygen atoms in total. The summed E-state index contributed by atoms with van der Waals surface area (Å²) in [5, 5.41) is 11.7. The Labute approximate surface area is 295 Å². The Bertz CT molecular complexity index is 1270. The Morgan fingerprint density at radius 3 is 1.73 bits per heavy atom. The molecule has 12 heteroatoms. The van der Waals surface area contributed by atoms with Gasteiger partial charge in [0.05, 0.1) is 26.4 Å². The number of methoxy groups -OCH3 is 1. The van der Waals surface area contributed by atoms with Gasteiger partial charge >= 0.3 is 17.1 Å². The third-order valence-electron chi connectivity index (χ3n) is 10.1. The predicted molar refractivity (Wildman–Crippen MR) is 190 cm³/mol. The highest BCUT2D eigenvalue weighted by atomic mass is 28.5. The molecule has 3 saturated heterocycles. The highest BCUT2D eigenvalue weighted by Gasteiger charge is 2.62. The van der Waals surface area contributed by atoms with Crippen molar-refractivity contribution in [3.8, 4) is 0 Å². The van der Waals surface area contributed by atoms with Crippen LogP contribution in [-0.2, 0) is 54.6 Å². The summed E-state index contributed by atoms with van der Waals surface area (Å²) in [7, 11) is -4.10. The second kappa shape index (κ2) is 16.9. The first-order valence-electron chi connectivity index (χ1n) is 17.9. The van der Waals surface area contributed by atoms with Crippen LogP contribution in [0.1, 0.15) is 66.5 Å². The van der Waals surface area contributed by atoms with Gasteiger partial charge in [-0.05, 0) is 33.3 Å². The number of aliphatic hydroxyl groups excluding tert-OH is 1. The number of hydrogen-bond donors (Lipinski definition) is 1. The van der Waals surface area contributed by atoms with E-state index < -0.39 is 66.3 Å². The standard InChI is InChI=1S/C37H58O10Si2/c1-24(2)48(25(3)4)43-23-31-33(46-49(47-48,26(5)6)27(7)8)32(38)36(44-31)42-22-30-34(40-20-28-16-12-10-13-17-28)35(37(39-9)45-30)41-21-29-18-14-11-15-19-29/h10-19,24-27,30-38H,20-23H2,1-9H3/t30-,31-,32+,33-,34-,35+,36+,37+/m1/s1. The van der Waals surface area contributed by atoms with Crippen LogP contribution in [0, 0.1) is 0 Å². The van der Waals surface area contributed by atoms with Crippen LogP contribution < -0.4 is 0 Å². The topological polar surface area (TPSA) is 103 Å². The zero-order chi connectivity index (χ0) is 35.3. The Balaban J connectivity index is 1.34. The SMILES string of the molecule is CO[C@H]1O[C@H](CO[C@H]2O[C@@H]3CO[Si](C(C)C)(C(C)C)O[Si](C(C)C)(C(C)C)O[C@H]3[C@@H]2O)[C@@H](OCc2ccccc2)[C@@H]1OCc1ccccc1. The average Bonchev–Trinajstić information content (AvgIpc) is 3.56. The first kappa shape index (κ1) is 38.7. The van der Waals surface area contributed by atoms with Crippen LogP contribution in [0.4, 0.5) is 0 Å². The Morgan fingerprint density at radius 2 is 1.22 bits per heavy atom. The summed E-state index contributed by atoms with van der Waals surface area (Å²) in [4.78, 5) is 0. The molecule has 3 aliphatic rings. The molecule has 0 amide bonds. The summed E-state index contributed by atoms with van der Waals surface area (Å²) in [6.45, 7) is 18.4. The molecule has 49 heavy (non-hydrogen) atoms. The van der Waals surface area contributed by atoms with E-state index in [1.165, 1.54) is 0 Å². The molecule has 0 aromatic heterocycles. The van der Waals surface area contributed by atoms with E-state index in [0.29, 0.717) is 13.2 Å². The van der Waals surface area contributed by atoms with E-state index in [4.69, 9.17) is 41.4 Å². The third kappa shape index (κ3) is 8.42. The molecule has 0 bridgehead atoms. The second-order valence-electron chi connectivity index (χ2n) is 14.7. The summed E-state index contributed by atoms with van der Waals surface area (Å²) < 4.78 is 58.9. The van der Waals surface area contributed by atoms with Crippen molar-refractivity contribution in [2.45, 2.75) is 140 Å². The molecule has 8 atom stereocenters. The number of benzene rings is 2. The quantitative estimate of drug-likeness (QED) is 0.215. The van der Waals surface area contributed by atoms with E-state index in [1.807, 2.05) is 60.7 Å². The minimum absolute atomic E-state index is 0.0800.